The number of thiophene rings is 1. The van der Waals surface area contributed by atoms with E-state index in [0.29, 0.717) is 46.3 Å². The summed E-state index contributed by atoms with van der Waals surface area (Å²) in [7, 11) is 1.52. The maximum absolute atomic E-state index is 16.0. The molecule has 7 rings (SSSR count). The summed E-state index contributed by atoms with van der Waals surface area (Å²) in [6.45, 7) is 6.80. The van der Waals surface area contributed by atoms with Crippen LogP contribution in [0, 0.1) is 11.6 Å². The van der Waals surface area contributed by atoms with Crippen LogP contribution in [0.25, 0.3) is 55.2 Å². The van der Waals surface area contributed by atoms with Gasteiger partial charge in [0.05, 0.1) is 41.5 Å². The van der Waals surface area contributed by atoms with Crippen LogP contribution in [-0.2, 0) is 16.1 Å². The molecule has 1 N–H and O–H groups in total. The first kappa shape index (κ1) is 28.8. The van der Waals surface area contributed by atoms with Crippen molar-refractivity contribution < 1.29 is 23.0 Å². The Morgan fingerprint density at radius 3 is 2.76 bits per heavy atom. The highest BCUT2D eigenvalue weighted by Crippen LogP contribution is 2.47. The highest BCUT2D eigenvalue weighted by molar-refractivity contribution is 7.18. The van der Waals surface area contributed by atoms with E-state index < -0.39 is 11.6 Å². The van der Waals surface area contributed by atoms with Crippen molar-refractivity contribution in [2.24, 2.45) is 0 Å². The predicted molar refractivity (Wildman–Crippen MR) is 169 cm³/mol. The lowest BCUT2D eigenvalue weighted by Crippen LogP contribution is -2.40. The van der Waals surface area contributed by atoms with Crippen LogP contribution < -0.4 is 4.74 Å². The maximum Gasteiger partial charge on any atom is 0.246 e. The predicted octanol–water partition coefficient (Wildman–Crippen LogP) is 6.76. The topological polar surface area (TPSA) is 98.2 Å². The Bertz CT molecular complexity index is 2070. The van der Waals surface area contributed by atoms with Crippen molar-refractivity contribution in [2.75, 3.05) is 26.9 Å². The number of hydrogen-bond acceptors (Lipinski definition) is 7. The Kier molecular flexibility index (Phi) is 7.38. The van der Waals surface area contributed by atoms with E-state index in [1.54, 1.807) is 4.90 Å². The molecule has 0 bridgehead atoms. The summed E-state index contributed by atoms with van der Waals surface area (Å²) < 4.78 is 44.1. The number of carbonyl (C=O) groups excluding carboxylic acids is 1. The van der Waals surface area contributed by atoms with E-state index in [9.17, 15) is 9.18 Å². The van der Waals surface area contributed by atoms with Gasteiger partial charge in [-0.05, 0) is 42.6 Å². The number of amides is 1. The number of carbonyl (C=O) groups is 1. The smallest absolute Gasteiger partial charge is 0.246 e. The highest BCUT2D eigenvalue weighted by atomic mass is 32.1. The Labute approximate surface area is 260 Å². The minimum atomic E-state index is -0.795. The molecule has 228 valence electrons. The van der Waals surface area contributed by atoms with Gasteiger partial charge in [-0.3, -0.25) is 9.48 Å². The van der Waals surface area contributed by atoms with Crippen LogP contribution in [0.3, 0.4) is 0 Å². The van der Waals surface area contributed by atoms with E-state index in [0.717, 1.165) is 28.2 Å². The second kappa shape index (κ2) is 11.5. The number of nitrogens with one attached hydrogen (secondary N) is 1. The number of ether oxygens (including phenoxy) is 2. The normalized spacial score (nSPS) is 14.7. The average Bonchev–Trinajstić information content (AvgIpc) is 3.79. The van der Waals surface area contributed by atoms with Crippen molar-refractivity contribution in [3.05, 3.63) is 83.9 Å². The van der Waals surface area contributed by atoms with Gasteiger partial charge in [-0.1, -0.05) is 18.7 Å². The third kappa shape index (κ3) is 4.95. The van der Waals surface area contributed by atoms with Gasteiger partial charge >= 0.3 is 0 Å². The van der Waals surface area contributed by atoms with Crippen LogP contribution in [-0.4, -0.2) is 62.4 Å². The molecule has 1 amide bonds. The largest absolute Gasteiger partial charge is 0.490 e. The molecule has 4 aromatic heterocycles. The summed E-state index contributed by atoms with van der Waals surface area (Å²) in [4.78, 5) is 27.6. The SMILES string of the molecule is C=CC(=O)N1CCn2nc(-c3nc(-c4nc5ccccc5[nH]4)c4ccsc4c3-c3c(F)cc(F)cc3OCCOC)cc2[C@H]1C. The molecule has 0 unspecified atom stereocenters. The number of para-hydroxylation sites is 2. The number of aromatic nitrogens is 5. The first-order valence-corrected chi connectivity index (χ1v) is 15.2. The number of fused-ring (bicyclic) bond motifs is 3. The fourth-order valence-corrected chi connectivity index (χ4v) is 6.81. The van der Waals surface area contributed by atoms with E-state index in [1.807, 2.05) is 53.4 Å². The van der Waals surface area contributed by atoms with E-state index in [4.69, 9.17) is 24.5 Å². The Hall–Kier alpha value is -4.94. The van der Waals surface area contributed by atoms with Crippen LogP contribution >= 0.6 is 11.3 Å². The second-order valence-electron chi connectivity index (χ2n) is 10.6. The summed E-state index contributed by atoms with van der Waals surface area (Å²) in [6, 6.07) is 13.2. The van der Waals surface area contributed by atoms with E-state index >= 15 is 4.39 Å². The lowest BCUT2D eigenvalue weighted by molar-refractivity contribution is -0.129. The number of halogens is 2. The van der Waals surface area contributed by atoms with Gasteiger partial charge in [0.25, 0.3) is 0 Å². The minimum Gasteiger partial charge on any atom is -0.490 e. The second-order valence-corrected chi connectivity index (χ2v) is 11.6. The highest BCUT2D eigenvalue weighted by Gasteiger charge is 2.31. The molecule has 0 saturated heterocycles. The van der Waals surface area contributed by atoms with Gasteiger partial charge in [0, 0.05) is 41.4 Å². The Balaban J connectivity index is 1.50. The van der Waals surface area contributed by atoms with Gasteiger partial charge in [-0.2, -0.15) is 5.10 Å². The summed E-state index contributed by atoms with van der Waals surface area (Å²) in [5, 5.41) is 7.55. The number of methoxy groups -OCH3 is 1. The zero-order chi connectivity index (χ0) is 31.2. The minimum absolute atomic E-state index is 0.0267. The quantitative estimate of drug-likeness (QED) is 0.148. The van der Waals surface area contributed by atoms with Gasteiger partial charge in [-0.25, -0.2) is 18.7 Å². The van der Waals surface area contributed by atoms with Crippen LogP contribution in [0.1, 0.15) is 18.7 Å². The first-order valence-electron chi connectivity index (χ1n) is 14.4. The van der Waals surface area contributed by atoms with Crippen LogP contribution in [0.15, 0.2) is 66.6 Å². The molecule has 12 heteroatoms. The molecule has 2 aromatic carbocycles. The molecule has 9 nitrogen and oxygen atoms in total. The number of H-pyrrole nitrogens is 1. The summed E-state index contributed by atoms with van der Waals surface area (Å²) in [5.41, 5.74) is 4.32. The van der Waals surface area contributed by atoms with Crippen molar-refractivity contribution in [3.63, 3.8) is 0 Å². The molecular formula is C33H28F2N6O3S. The van der Waals surface area contributed by atoms with E-state index in [-0.39, 0.29) is 36.5 Å². The van der Waals surface area contributed by atoms with Crippen molar-refractivity contribution >= 4 is 38.4 Å². The molecule has 6 aromatic rings. The molecule has 0 spiro atoms. The standard InChI is InChI=1S/C33H28F2N6O3S/c1-4-27(42)40-10-11-41-25(18(40)2)17-24(39-41)31-29(28-21(35)15-19(34)16-26(28)44-13-12-43-3)32-20(9-14-45-32)30(38-31)33-36-22-7-5-6-8-23(22)37-33/h4-9,14-18H,1,10-13H2,2-3H3,(H,36,37)/t18-/m1/s1. The van der Waals surface area contributed by atoms with Crippen LogP contribution in [0.5, 0.6) is 5.75 Å². The lowest BCUT2D eigenvalue weighted by atomic mass is 9.97. The van der Waals surface area contributed by atoms with Gasteiger partial charge in [0.1, 0.15) is 41.1 Å². The van der Waals surface area contributed by atoms with Crippen molar-refractivity contribution in [3.8, 4) is 39.8 Å². The summed E-state index contributed by atoms with van der Waals surface area (Å²) >= 11 is 1.41. The molecule has 1 aliphatic rings. The Morgan fingerprint density at radius 1 is 1.11 bits per heavy atom. The molecule has 45 heavy (non-hydrogen) atoms. The van der Waals surface area contributed by atoms with Crippen molar-refractivity contribution in [1.82, 2.24) is 29.6 Å². The van der Waals surface area contributed by atoms with Crippen molar-refractivity contribution in [2.45, 2.75) is 19.5 Å². The number of nitrogens with zero attached hydrogens (tertiary/aromatic N) is 5. The fourth-order valence-electron chi connectivity index (χ4n) is 5.87. The van der Waals surface area contributed by atoms with Crippen LogP contribution in [0.4, 0.5) is 8.78 Å². The Morgan fingerprint density at radius 2 is 1.96 bits per heavy atom. The summed E-state index contributed by atoms with van der Waals surface area (Å²) in [5.74, 6) is -1.16. The monoisotopic (exact) mass is 626 g/mol. The fraction of sp³-hybridized carbons (Fsp3) is 0.212. The first-order chi connectivity index (χ1) is 21.9. The number of hydrogen-bond donors (Lipinski definition) is 1. The number of benzene rings is 2. The van der Waals surface area contributed by atoms with Crippen molar-refractivity contribution in [1.29, 1.82) is 0 Å². The number of rotatable bonds is 8. The lowest BCUT2D eigenvalue weighted by Gasteiger charge is -2.33. The molecule has 0 saturated carbocycles. The molecular weight excluding hydrogens is 598 g/mol. The average molecular weight is 627 g/mol. The molecule has 1 atom stereocenters. The molecule has 0 aliphatic carbocycles. The number of aromatic amines is 1. The van der Waals surface area contributed by atoms with Gasteiger partial charge in [0.15, 0.2) is 5.82 Å². The zero-order valence-electron chi connectivity index (χ0n) is 24.5. The number of imidazole rings is 1. The molecule has 0 fully saturated rings. The van der Waals surface area contributed by atoms with E-state index in [2.05, 4.69) is 11.6 Å². The number of pyridine rings is 1. The molecule has 1 aliphatic heterocycles. The van der Waals surface area contributed by atoms with Crippen LogP contribution in [0.2, 0.25) is 0 Å². The summed E-state index contributed by atoms with van der Waals surface area (Å²) in [6.07, 6.45) is 1.30. The zero-order valence-corrected chi connectivity index (χ0v) is 25.3. The molecule has 5 heterocycles. The third-order valence-electron chi connectivity index (χ3n) is 8.00. The maximum atomic E-state index is 16.0. The van der Waals surface area contributed by atoms with Gasteiger partial charge in [-0.15, -0.1) is 11.3 Å². The van der Waals surface area contributed by atoms with Gasteiger partial charge in [0.2, 0.25) is 5.91 Å². The molecule has 0 radical (unpaired) electrons. The third-order valence-corrected chi connectivity index (χ3v) is 8.93. The van der Waals surface area contributed by atoms with Gasteiger partial charge < -0.3 is 19.4 Å². The van der Waals surface area contributed by atoms with E-state index in [1.165, 1.54) is 30.6 Å².